The smallest absolute Gasteiger partial charge is 0.347 e. The van der Waals surface area contributed by atoms with Crippen LogP contribution >= 0.6 is 0 Å². The number of ether oxygens (including phenoxy) is 2. The minimum absolute atomic E-state index is 0.0165. The molecule has 0 radical (unpaired) electrons. The summed E-state index contributed by atoms with van der Waals surface area (Å²) in [6.07, 6.45) is 8.08. The van der Waals surface area contributed by atoms with Crippen molar-refractivity contribution in [2.75, 3.05) is 7.11 Å². The summed E-state index contributed by atoms with van der Waals surface area (Å²) in [5.41, 5.74) is 2.15. The number of hydrogen-bond acceptors (Lipinski definition) is 4. The number of allylic oxidation sites excluding steroid dienone is 2. The summed E-state index contributed by atoms with van der Waals surface area (Å²) < 4.78 is 10.9. The van der Waals surface area contributed by atoms with E-state index in [0.29, 0.717) is 5.57 Å². The summed E-state index contributed by atoms with van der Waals surface area (Å²) in [6, 6.07) is 12.7. The quantitative estimate of drug-likeness (QED) is 0.446. The molecule has 2 aromatic carbocycles. The summed E-state index contributed by atoms with van der Waals surface area (Å²) >= 11 is 0. The molecule has 4 nitrogen and oxygen atoms in total. The third-order valence-corrected chi connectivity index (χ3v) is 6.50. The average molecular weight is 356 g/mol. The zero-order valence-electron chi connectivity index (χ0n) is 14.6. The fraction of sp³-hybridized carbons (Fsp3) is 0.217. The molecule has 2 aromatic rings. The average Bonchev–Trinajstić information content (AvgIpc) is 3.05. The molecule has 2 bridgehead atoms. The Labute approximate surface area is 155 Å². The van der Waals surface area contributed by atoms with E-state index in [1.807, 2.05) is 12.2 Å². The lowest BCUT2D eigenvalue weighted by molar-refractivity contribution is -0.149. The molecule has 4 atom stereocenters. The lowest BCUT2D eigenvalue weighted by Gasteiger charge is -2.40. The van der Waals surface area contributed by atoms with E-state index < -0.39 is 17.5 Å². The lowest BCUT2D eigenvalue weighted by Crippen LogP contribution is -2.41. The van der Waals surface area contributed by atoms with E-state index in [-0.39, 0.29) is 23.3 Å². The molecule has 1 aliphatic heterocycles. The first-order valence-electron chi connectivity index (χ1n) is 9.11. The van der Waals surface area contributed by atoms with Crippen LogP contribution in [0.2, 0.25) is 0 Å². The number of carbonyl (C=O) groups excluding carboxylic acids is 2. The standard InChI is InChI=1S/C23H16O4/c1-26-21(24)19-16-9-8-13-10-11-23(16,27-22(19)25)20-15-7-3-5-12-4-2-6-14(17(12)15)18(13)20/h2-11,13,18,20H,1H3/t13?,18-,20+,23?/m0/s1. The van der Waals surface area contributed by atoms with Crippen molar-refractivity contribution in [3.8, 4) is 0 Å². The second-order valence-electron chi connectivity index (χ2n) is 7.55. The number of benzene rings is 2. The molecule has 1 heterocycles. The molecule has 4 heteroatoms. The van der Waals surface area contributed by atoms with Crippen LogP contribution in [0.3, 0.4) is 0 Å². The van der Waals surface area contributed by atoms with Crippen LogP contribution in [-0.2, 0) is 19.1 Å². The number of rotatable bonds is 1. The molecule has 132 valence electrons. The molecular weight excluding hydrogens is 340 g/mol. The normalized spacial score (nSPS) is 31.7. The van der Waals surface area contributed by atoms with Crippen molar-refractivity contribution in [3.63, 3.8) is 0 Å². The van der Waals surface area contributed by atoms with Crippen LogP contribution in [0.5, 0.6) is 0 Å². The van der Waals surface area contributed by atoms with Gasteiger partial charge in [-0.15, -0.1) is 0 Å². The Morgan fingerprint density at radius 2 is 1.89 bits per heavy atom. The monoisotopic (exact) mass is 356 g/mol. The van der Waals surface area contributed by atoms with Gasteiger partial charge in [0.05, 0.1) is 7.11 Å². The molecule has 0 saturated heterocycles. The van der Waals surface area contributed by atoms with Gasteiger partial charge >= 0.3 is 11.9 Å². The van der Waals surface area contributed by atoms with Gasteiger partial charge in [-0.3, -0.25) is 0 Å². The highest BCUT2D eigenvalue weighted by molar-refractivity contribution is 6.17. The van der Waals surface area contributed by atoms with Gasteiger partial charge in [-0.25, -0.2) is 9.59 Å². The summed E-state index contributed by atoms with van der Waals surface area (Å²) in [6.45, 7) is 0. The number of carbonyl (C=O) groups is 2. The van der Waals surface area contributed by atoms with Crippen LogP contribution in [0.4, 0.5) is 0 Å². The first-order valence-corrected chi connectivity index (χ1v) is 9.11. The highest BCUT2D eigenvalue weighted by Gasteiger charge is 2.61. The first-order chi connectivity index (χ1) is 13.2. The van der Waals surface area contributed by atoms with Crippen LogP contribution in [0.25, 0.3) is 10.8 Å². The molecule has 1 spiro atoms. The highest BCUT2D eigenvalue weighted by Crippen LogP contribution is 2.63. The number of hydrogen-bond donors (Lipinski definition) is 0. The fourth-order valence-electron chi connectivity index (χ4n) is 5.53. The number of esters is 2. The first kappa shape index (κ1) is 15.0. The van der Waals surface area contributed by atoms with Crippen LogP contribution < -0.4 is 0 Å². The third-order valence-electron chi connectivity index (χ3n) is 6.50. The maximum atomic E-state index is 12.7. The maximum Gasteiger partial charge on any atom is 0.347 e. The second-order valence-corrected chi connectivity index (χ2v) is 7.55. The van der Waals surface area contributed by atoms with Gasteiger partial charge in [0.15, 0.2) is 11.2 Å². The Morgan fingerprint density at radius 1 is 1.11 bits per heavy atom. The number of methoxy groups -OCH3 is 1. The zero-order chi connectivity index (χ0) is 18.3. The Morgan fingerprint density at radius 3 is 2.67 bits per heavy atom. The van der Waals surface area contributed by atoms with Crippen molar-refractivity contribution in [1.82, 2.24) is 0 Å². The van der Waals surface area contributed by atoms with Gasteiger partial charge in [-0.2, -0.15) is 0 Å². The SMILES string of the molecule is COC(=O)C1=C2C=CC3C=CC2(OC1=O)[C@@H]1c2cccc4cccc(c24)[C@H]31. The van der Waals surface area contributed by atoms with Gasteiger partial charge in [-0.05, 0) is 28.0 Å². The van der Waals surface area contributed by atoms with Gasteiger partial charge in [0, 0.05) is 23.3 Å². The topological polar surface area (TPSA) is 52.6 Å². The molecule has 2 unspecified atom stereocenters. The van der Waals surface area contributed by atoms with Crippen molar-refractivity contribution in [1.29, 1.82) is 0 Å². The molecule has 0 fully saturated rings. The Hall–Kier alpha value is -3.14. The maximum absolute atomic E-state index is 12.7. The summed E-state index contributed by atoms with van der Waals surface area (Å²) in [4.78, 5) is 25.0. The predicted molar refractivity (Wildman–Crippen MR) is 99.1 cm³/mol. The third kappa shape index (κ3) is 1.60. The van der Waals surface area contributed by atoms with Crippen LogP contribution in [0.1, 0.15) is 23.0 Å². The van der Waals surface area contributed by atoms with Crippen LogP contribution in [0, 0.1) is 5.92 Å². The van der Waals surface area contributed by atoms with E-state index >= 15 is 0 Å². The summed E-state index contributed by atoms with van der Waals surface area (Å²) in [7, 11) is 1.29. The van der Waals surface area contributed by atoms with E-state index in [9.17, 15) is 9.59 Å². The molecular formula is C23H16O4. The lowest BCUT2D eigenvalue weighted by atomic mass is 9.66. The molecule has 27 heavy (non-hydrogen) atoms. The van der Waals surface area contributed by atoms with Gasteiger partial charge in [-0.1, -0.05) is 54.6 Å². The van der Waals surface area contributed by atoms with E-state index in [4.69, 9.17) is 9.47 Å². The van der Waals surface area contributed by atoms with Crippen molar-refractivity contribution in [3.05, 3.63) is 83.0 Å². The van der Waals surface area contributed by atoms with E-state index in [2.05, 4.69) is 48.6 Å². The van der Waals surface area contributed by atoms with Crippen molar-refractivity contribution < 1.29 is 19.1 Å². The minimum Gasteiger partial charge on any atom is -0.465 e. The Kier molecular flexibility index (Phi) is 2.64. The van der Waals surface area contributed by atoms with Gasteiger partial charge < -0.3 is 9.47 Å². The largest absolute Gasteiger partial charge is 0.465 e. The molecule has 5 aliphatic rings. The van der Waals surface area contributed by atoms with Crippen LogP contribution in [0.15, 0.2) is 71.8 Å². The van der Waals surface area contributed by atoms with Gasteiger partial charge in [0.1, 0.15) is 0 Å². The van der Waals surface area contributed by atoms with Crippen molar-refractivity contribution in [2.24, 2.45) is 5.92 Å². The highest BCUT2D eigenvalue weighted by atomic mass is 16.6. The molecule has 0 aromatic heterocycles. The zero-order valence-corrected chi connectivity index (χ0v) is 14.6. The van der Waals surface area contributed by atoms with E-state index in [1.54, 1.807) is 0 Å². The molecule has 4 aliphatic carbocycles. The Bertz CT molecular complexity index is 1150. The Balaban J connectivity index is 1.69. The van der Waals surface area contributed by atoms with Crippen molar-refractivity contribution >= 4 is 22.7 Å². The fourth-order valence-corrected chi connectivity index (χ4v) is 5.53. The van der Waals surface area contributed by atoms with Gasteiger partial charge in [0.2, 0.25) is 0 Å². The van der Waals surface area contributed by atoms with E-state index in [0.717, 1.165) is 0 Å². The summed E-state index contributed by atoms with van der Waals surface area (Å²) in [5, 5.41) is 2.45. The minimum atomic E-state index is -0.956. The van der Waals surface area contributed by atoms with Gasteiger partial charge in [0.25, 0.3) is 0 Å². The second kappa shape index (κ2) is 4.77. The summed E-state index contributed by atoms with van der Waals surface area (Å²) in [5.74, 6) is -0.928. The van der Waals surface area contributed by atoms with Crippen molar-refractivity contribution in [2.45, 2.75) is 17.4 Å². The molecule has 0 saturated carbocycles. The molecule has 0 amide bonds. The van der Waals surface area contributed by atoms with E-state index in [1.165, 1.54) is 29.0 Å². The van der Waals surface area contributed by atoms with Crippen LogP contribution in [-0.4, -0.2) is 24.6 Å². The predicted octanol–water partition coefficient (Wildman–Crippen LogP) is 3.54. The molecule has 0 N–H and O–H groups in total. The molecule has 7 rings (SSSR count).